The van der Waals surface area contributed by atoms with E-state index in [0.717, 1.165) is 25.7 Å². The molecule has 0 unspecified atom stereocenters. The van der Waals surface area contributed by atoms with Crippen LogP contribution in [0.15, 0.2) is 35.3 Å². The van der Waals surface area contributed by atoms with Crippen molar-refractivity contribution in [1.29, 1.82) is 0 Å². The van der Waals surface area contributed by atoms with Crippen molar-refractivity contribution in [1.82, 2.24) is 14.7 Å². The van der Waals surface area contributed by atoms with Crippen LogP contribution in [-0.4, -0.2) is 43.7 Å². The summed E-state index contributed by atoms with van der Waals surface area (Å²) in [7, 11) is 0. The normalized spacial score (nSPS) is 25.2. The van der Waals surface area contributed by atoms with Gasteiger partial charge in [-0.25, -0.2) is 4.79 Å². The number of carboxylic acids is 1. The number of hydrogen-bond donors (Lipinski definition) is 1. The fourth-order valence-electron chi connectivity index (χ4n) is 4.54. The molecule has 7 heteroatoms. The third-order valence-corrected chi connectivity index (χ3v) is 5.71. The van der Waals surface area contributed by atoms with Gasteiger partial charge in [-0.15, -0.1) is 0 Å². The molecule has 1 aliphatic heterocycles. The monoisotopic (exact) mass is 355 g/mol. The van der Waals surface area contributed by atoms with Gasteiger partial charge in [-0.3, -0.25) is 14.3 Å². The summed E-state index contributed by atoms with van der Waals surface area (Å²) in [4.78, 5) is 38.3. The molecule has 2 fully saturated rings. The van der Waals surface area contributed by atoms with Gasteiger partial charge in [0, 0.05) is 11.4 Å². The number of aromatic nitrogens is 2. The van der Waals surface area contributed by atoms with E-state index in [1.165, 1.54) is 10.9 Å². The zero-order valence-electron chi connectivity index (χ0n) is 14.4. The minimum absolute atomic E-state index is 0.00277. The second kappa shape index (κ2) is 6.55. The number of nitrogens with zero attached hydrogens (tertiary/aromatic N) is 3. The highest BCUT2D eigenvalue weighted by atomic mass is 16.4. The van der Waals surface area contributed by atoms with Crippen LogP contribution in [0.4, 0.5) is 0 Å². The van der Waals surface area contributed by atoms with Gasteiger partial charge in [-0.05, 0) is 37.3 Å². The van der Waals surface area contributed by atoms with Crippen LogP contribution >= 0.6 is 0 Å². The number of hydrogen-bond acceptors (Lipinski definition) is 4. The van der Waals surface area contributed by atoms with E-state index >= 15 is 0 Å². The maximum atomic E-state index is 13.0. The van der Waals surface area contributed by atoms with Gasteiger partial charge in [0.15, 0.2) is 0 Å². The second-order valence-electron chi connectivity index (χ2n) is 7.19. The highest BCUT2D eigenvalue weighted by molar-refractivity contribution is 5.86. The summed E-state index contributed by atoms with van der Waals surface area (Å²) in [6, 6.07) is 6.25. The molecule has 1 saturated heterocycles. The Labute approximate surface area is 150 Å². The molecule has 1 amide bonds. The number of fused-ring (bicyclic) bond motifs is 2. The van der Waals surface area contributed by atoms with Crippen LogP contribution in [0.5, 0.6) is 0 Å². The zero-order chi connectivity index (χ0) is 18.3. The summed E-state index contributed by atoms with van der Waals surface area (Å²) < 4.78 is 1.49. The smallest absolute Gasteiger partial charge is 0.326 e. The highest BCUT2D eigenvalue weighted by Gasteiger charge is 2.47. The van der Waals surface area contributed by atoms with Crippen molar-refractivity contribution < 1.29 is 14.7 Å². The molecule has 1 saturated carbocycles. The standard InChI is InChI=1S/C19H21N3O4/c23-17-10-20-21(15-8-4-2-6-13(15)17)11-18(24)22-14-7-3-1-5-12(14)9-16(22)19(25)26/h2,4,6,8,10,12,14,16H,1,3,5,7,9,11H2,(H,25,26)/t12-,14+,16+/m1/s1. The summed E-state index contributed by atoms with van der Waals surface area (Å²) in [6.45, 7) is -0.0617. The first kappa shape index (κ1) is 16.8. The number of aliphatic carboxylic acids is 1. The Morgan fingerprint density at radius 3 is 2.77 bits per heavy atom. The van der Waals surface area contributed by atoms with Gasteiger partial charge < -0.3 is 10.0 Å². The van der Waals surface area contributed by atoms with E-state index in [9.17, 15) is 19.5 Å². The molecule has 2 heterocycles. The Hall–Kier alpha value is -2.70. The number of benzene rings is 1. The summed E-state index contributed by atoms with van der Waals surface area (Å²) >= 11 is 0. The highest BCUT2D eigenvalue weighted by Crippen LogP contribution is 2.40. The molecule has 7 nitrogen and oxygen atoms in total. The number of amides is 1. The average Bonchev–Trinajstić information content (AvgIpc) is 3.04. The van der Waals surface area contributed by atoms with Crippen molar-refractivity contribution in [3.63, 3.8) is 0 Å². The van der Waals surface area contributed by atoms with Gasteiger partial charge in [0.1, 0.15) is 12.6 Å². The third kappa shape index (κ3) is 2.77. The third-order valence-electron chi connectivity index (χ3n) is 5.71. The minimum atomic E-state index is -0.939. The van der Waals surface area contributed by atoms with E-state index in [2.05, 4.69) is 5.10 Å². The maximum Gasteiger partial charge on any atom is 0.326 e. The van der Waals surface area contributed by atoms with Crippen molar-refractivity contribution in [2.75, 3.05) is 0 Å². The molecule has 2 aromatic rings. The number of likely N-dealkylation sites (tertiary alicyclic amines) is 1. The molecule has 1 aliphatic carbocycles. The fraction of sp³-hybridized carbons (Fsp3) is 0.474. The Balaban J connectivity index is 1.66. The Bertz CT molecular complexity index is 922. The predicted octanol–water partition coefficient (Wildman–Crippen LogP) is 1.64. The summed E-state index contributed by atoms with van der Waals surface area (Å²) in [5, 5.41) is 14.2. The quantitative estimate of drug-likeness (QED) is 0.904. The lowest BCUT2D eigenvalue weighted by molar-refractivity contribution is -0.150. The predicted molar refractivity (Wildman–Crippen MR) is 94.6 cm³/mol. The maximum absolute atomic E-state index is 13.0. The number of rotatable bonds is 3. The van der Waals surface area contributed by atoms with Crippen molar-refractivity contribution in [2.45, 2.75) is 50.7 Å². The topological polar surface area (TPSA) is 92.5 Å². The molecule has 0 bridgehead atoms. The van der Waals surface area contributed by atoms with E-state index in [4.69, 9.17) is 0 Å². The van der Waals surface area contributed by atoms with Crippen molar-refractivity contribution in [2.24, 2.45) is 5.92 Å². The Morgan fingerprint density at radius 2 is 1.96 bits per heavy atom. The summed E-state index contributed by atoms with van der Waals surface area (Å²) in [5.41, 5.74) is 0.390. The second-order valence-corrected chi connectivity index (χ2v) is 7.19. The van der Waals surface area contributed by atoms with E-state index in [1.807, 2.05) is 0 Å². The molecule has 0 spiro atoms. The average molecular weight is 355 g/mol. The summed E-state index contributed by atoms with van der Waals surface area (Å²) in [5.74, 6) is -0.911. The molecule has 0 radical (unpaired) electrons. The SMILES string of the molecule is O=C(O)[C@@H]1C[C@H]2CCCC[C@@H]2N1C(=O)Cn1ncc(=O)c2ccccc21. The van der Waals surface area contributed by atoms with Gasteiger partial charge in [0.05, 0.1) is 11.7 Å². The molecule has 1 N–H and O–H groups in total. The van der Waals surface area contributed by atoms with Gasteiger partial charge in [0.2, 0.25) is 11.3 Å². The fourth-order valence-corrected chi connectivity index (χ4v) is 4.54. The molecule has 1 aromatic carbocycles. The lowest BCUT2D eigenvalue weighted by Crippen LogP contribution is -2.47. The number of carboxylic acid groups (broad SMARTS) is 1. The van der Waals surface area contributed by atoms with Crippen LogP contribution in [-0.2, 0) is 16.1 Å². The Kier molecular flexibility index (Phi) is 4.22. The first-order chi connectivity index (χ1) is 12.6. The molecule has 26 heavy (non-hydrogen) atoms. The minimum Gasteiger partial charge on any atom is -0.480 e. The lowest BCUT2D eigenvalue weighted by Gasteiger charge is -2.33. The van der Waals surface area contributed by atoms with Crippen LogP contribution in [0, 0.1) is 5.92 Å². The van der Waals surface area contributed by atoms with Crippen LogP contribution in [0.1, 0.15) is 32.1 Å². The number of carbonyl (C=O) groups is 2. The largest absolute Gasteiger partial charge is 0.480 e. The van der Waals surface area contributed by atoms with E-state index < -0.39 is 12.0 Å². The number of carbonyl (C=O) groups excluding carboxylic acids is 1. The lowest BCUT2D eigenvalue weighted by atomic mass is 9.85. The molecule has 1 aromatic heterocycles. The van der Waals surface area contributed by atoms with E-state index in [1.54, 1.807) is 29.2 Å². The van der Waals surface area contributed by atoms with Crippen LogP contribution < -0.4 is 5.43 Å². The van der Waals surface area contributed by atoms with Gasteiger partial charge >= 0.3 is 5.97 Å². The molecule has 4 rings (SSSR count). The van der Waals surface area contributed by atoms with Crippen LogP contribution in [0.2, 0.25) is 0 Å². The van der Waals surface area contributed by atoms with E-state index in [-0.39, 0.29) is 29.8 Å². The van der Waals surface area contributed by atoms with Gasteiger partial charge in [-0.2, -0.15) is 5.10 Å². The van der Waals surface area contributed by atoms with Crippen LogP contribution in [0.25, 0.3) is 10.9 Å². The van der Waals surface area contributed by atoms with Crippen molar-refractivity contribution >= 4 is 22.8 Å². The van der Waals surface area contributed by atoms with Gasteiger partial charge in [0.25, 0.3) is 0 Å². The molecular formula is C19H21N3O4. The first-order valence-electron chi connectivity index (χ1n) is 9.05. The molecular weight excluding hydrogens is 334 g/mol. The zero-order valence-corrected chi connectivity index (χ0v) is 14.4. The molecule has 136 valence electrons. The van der Waals surface area contributed by atoms with Crippen molar-refractivity contribution in [3.8, 4) is 0 Å². The Morgan fingerprint density at radius 1 is 1.19 bits per heavy atom. The molecule has 3 atom stereocenters. The number of para-hydroxylation sites is 1. The first-order valence-corrected chi connectivity index (χ1v) is 9.05. The molecule has 2 aliphatic rings. The summed E-state index contributed by atoms with van der Waals surface area (Å²) in [6.07, 6.45) is 5.70. The van der Waals surface area contributed by atoms with Gasteiger partial charge in [-0.1, -0.05) is 25.0 Å². The van der Waals surface area contributed by atoms with Crippen LogP contribution in [0.3, 0.4) is 0 Å². The van der Waals surface area contributed by atoms with Crippen molar-refractivity contribution in [3.05, 3.63) is 40.7 Å². The van der Waals surface area contributed by atoms with E-state index in [0.29, 0.717) is 17.3 Å².